The van der Waals surface area contributed by atoms with Gasteiger partial charge in [0.2, 0.25) is 0 Å². The monoisotopic (exact) mass is 327 g/mol. The number of alkyl halides is 3. The first kappa shape index (κ1) is 15.6. The molecule has 0 aliphatic carbocycles. The molecule has 23 heavy (non-hydrogen) atoms. The van der Waals surface area contributed by atoms with Crippen LogP contribution in [0.4, 0.5) is 24.5 Å². The van der Waals surface area contributed by atoms with Crippen molar-refractivity contribution >= 4 is 11.4 Å². The molecule has 3 rings (SSSR count). The summed E-state index contributed by atoms with van der Waals surface area (Å²) in [4.78, 5) is 3.87. The fourth-order valence-corrected chi connectivity index (χ4v) is 2.53. The minimum atomic E-state index is -4.47. The normalized spacial score (nSPS) is 16.8. The lowest BCUT2D eigenvalue weighted by Gasteiger charge is -2.41. The smallest absolute Gasteiger partial charge is 0.399 e. The van der Waals surface area contributed by atoms with E-state index < -0.39 is 11.7 Å². The Labute approximate surface area is 130 Å². The molecule has 1 fully saturated rings. The van der Waals surface area contributed by atoms with Gasteiger partial charge in [-0.05, 0) is 18.2 Å². The zero-order chi connectivity index (χ0) is 16.5. The lowest BCUT2D eigenvalue weighted by molar-refractivity contribution is -0.137. The molecule has 6 nitrogen and oxygen atoms in total. The number of nitrogens with two attached hydrogens (primary N) is 1. The average Bonchev–Trinajstić information content (AvgIpc) is 2.94. The molecule has 1 aliphatic rings. The van der Waals surface area contributed by atoms with Crippen LogP contribution in [0.1, 0.15) is 5.56 Å². The predicted octanol–water partition coefficient (Wildman–Crippen LogP) is 2.01. The van der Waals surface area contributed by atoms with Gasteiger partial charge >= 0.3 is 6.18 Å². The maximum Gasteiger partial charge on any atom is 0.418 e. The summed E-state index contributed by atoms with van der Waals surface area (Å²) in [6.45, 7) is 1.77. The zero-order valence-corrected chi connectivity index (χ0v) is 12.2. The largest absolute Gasteiger partial charge is 0.418 e. The maximum absolute atomic E-state index is 13.1. The Morgan fingerprint density at radius 3 is 2.70 bits per heavy atom. The first-order chi connectivity index (χ1) is 10.9. The molecule has 1 saturated heterocycles. The van der Waals surface area contributed by atoms with Crippen molar-refractivity contribution in [1.29, 1.82) is 0 Å². The SMILES string of the molecule is Nc1ccc(NCC2(Cn3cncn3)COC2)c(C(F)(F)F)c1. The van der Waals surface area contributed by atoms with E-state index in [0.717, 1.165) is 6.07 Å². The Balaban J connectivity index is 1.75. The minimum absolute atomic E-state index is 0.0107. The number of nitrogen functional groups attached to an aromatic ring is 1. The molecule has 124 valence electrons. The van der Waals surface area contributed by atoms with Crippen LogP contribution in [0, 0.1) is 5.41 Å². The van der Waals surface area contributed by atoms with E-state index in [-0.39, 0.29) is 16.8 Å². The van der Waals surface area contributed by atoms with E-state index in [1.807, 2.05) is 0 Å². The molecule has 2 aromatic rings. The second-order valence-corrected chi connectivity index (χ2v) is 5.74. The van der Waals surface area contributed by atoms with E-state index >= 15 is 0 Å². The number of nitrogens with one attached hydrogen (secondary N) is 1. The molecule has 9 heteroatoms. The summed E-state index contributed by atoms with van der Waals surface area (Å²) in [6, 6.07) is 3.73. The molecule has 0 unspecified atom stereocenters. The fraction of sp³-hybridized carbons (Fsp3) is 0.429. The summed E-state index contributed by atoms with van der Waals surface area (Å²) in [7, 11) is 0. The van der Waals surface area contributed by atoms with E-state index in [1.165, 1.54) is 18.5 Å². The van der Waals surface area contributed by atoms with Crippen molar-refractivity contribution in [3.05, 3.63) is 36.4 Å². The third kappa shape index (κ3) is 3.39. The number of nitrogens with zero attached hydrogens (tertiary/aromatic N) is 3. The van der Waals surface area contributed by atoms with Crippen LogP contribution in [-0.4, -0.2) is 34.5 Å². The lowest BCUT2D eigenvalue weighted by atomic mass is 9.85. The molecular weight excluding hydrogens is 311 g/mol. The molecule has 3 N–H and O–H groups in total. The molecule has 1 aromatic carbocycles. The summed E-state index contributed by atoms with van der Waals surface area (Å²) in [6.07, 6.45) is -1.47. The first-order valence-electron chi connectivity index (χ1n) is 6.99. The highest BCUT2D eigenvalue weighted by Gasteiger charge is 2.40. The van der Waals surface area contributed by atoms with E-state index in [1.54, 1.807) is 11.0 Å². The van der Waals surface area contributed by atoms with Crippen LogP contribution in [0.15, 0.2) is 30.9 Å². The van der Waals surface area contributed by atoms with Crippen molar-refractivity contribution in [1.82, 2.24) is 14.8 Å². The number of ether oxygens (including phenoxy) is 1. The van der Waals surface area contributed by atoms with Crippen molar-refractivity contribution < 1.29 is 17.9 Å². The third-order valence-corrected chi connectivity index (χ3v) is 3.78. The second-order valence-electron chi connectivity index (χ2n) is 5.74. The summed E-state index contributed by atoms with van der Waals surface area (Å²) < 4.78 is 46.2. The van der Waals surface area contributed by atoms with Gasteiger partial charge in [-0.25, -0.2) is 4.98 Å². The summed E-state index contributed by atoms with van der Waals surface area (Å²) >= 11 is 0. The van der Waals surface area contributed by atoms with Gasteiger partial charge in [0, 0.05) is 17.9 Å². The standard InChI is InChI=1S/C14H16F3N5O/c15-14(16,17)11-3-10(18)1-2-12(11)20-4-13(6-23-7-13)5-22-9-19-8-21-22/h1-3,8-9,20H,4-7,18H2. The van der Waals surface area contributed by atoms with Crippen LogP contribution in [0.5, 0.6) is 0 Å². The van der Waals surface area contributed by atoms with Crippen molar-refractivity contribution in [3.8, 4) is 0 Å². The molecule has 0 amide bonds. The van der Waals surface area contributed by atoms with E-state index in [4.69, 9.17) is 10.5 Å². The van der Waals surface area contributed by atoms with Gasteiger partial charge in [-0.1, -0.05) is 0 Å². The van der Waals surface area contributed by atoms with Crippen LogP contribution in [0.25, 0.3) is 0 Å². The Bertz CT molecular complexity index is 668. The number of halogens is 3. The van der Waals surface area contributed by atoms with Crippen LogP contribution >= 0.6 is 0 Å². The number of benzene rings is 1. The van der Waals surface area contributed by atoms with Gasteiger partial charge in [0.25, 0.3) is 0 Å². The molecule has 2 heterocycles. The Hall–Kier alpha value is -2.29. The highest BCUT2D eigenvalue weighted by atomic mass is 19.4. The van der Waals surface area contributed by atoms with E-state index in [2.05, 4.69) is 15.4 Å². The molecule has 0 spiro atoms. The van der Waals surface area contributed by atoms with E-state index in [9.17, 15) is 13.2 Å². The van der Waals surface area contributed by atoms with Gasteiger partial charge < -0.3 is 15.8 Å². The maximum atomic E-state index is 13.1. The zero-order valence-electron chi connectivity index (χ0n) is 12.2. The summed E-state index contributed by atoms with van der Waals surface area (Å²) in [5.41, 5.74) is 4.48. The number of anilines is 2. The Morgan fingerprint density at radius 1 is 1.35 bits per heavy atom. The lowest BCUT2D eigenvalue weighted by Crippen LogP contribution is -2.50. The van der Waals surface area contributed by atoms with Crippen LogP contribution in [0.3, 0.4) is 0 Å². The molecule has 1 aromatic heterocycles. The van der Waals surface area contributed by atoms with Crippen molar-refractivity contribution in [2.45, 2.75) is 12.7 Å². The molecule has 0 radical (unpaired) electrons. The van der Waals surface area contributed by atoms with Crippen LogP contribution in [-0.2, 0) is 17.5 Å². The molecule has 0 atom stereocenters. The van der Waals surface area contributed by atoms with Crippen molar-refractivity contribution in [3.63, 3.8) is 0 Å². The number of aromatic nitrogens is 3. The Morgan fingerprint density at radius 2 is 2.13 bits per heavy atom. The minimum Gasteiger partial charge on any atom is -0.399 e. The Kier molecular flexibility index (Phi) is 3.88. The van der Waals surface area contributed by atoms with Gasteiger partial charge in [0.05, 0.1) is 30.7 Å². The second kappa shape index (κ2) is 5.73. The van der Waals surface area contributed by atoms with Crippen molar-refractivity contribution in [2.24, 2.45) is 5.41 Å². The molecular formula is C14H16F3N5O. The average molecular weight is 327 g/mol. The molecule has 1 aliphatic heterocycles. The van der Waals surface area contributed by atoms with Gasteiger partial charge in [0.15, 0.2) is 0 Å². The fourth-order valence-electron chi connectivity index (χ4n) is 2.53. The number of hydrogen-bond donors (Lipinski definition) is 2. The third-order valence-electron chi connectivity index (χ3n) is 3.78. The highest BCUT2D eigenvalue weighted by Crippen LogP contribution is 2.37. The number of rotatable bonds is 5. The van der Waals surface area contributed by atoms with Gasteiger partial charge in [-0.3, -0.25) is 4.68 Å². The predicted molar refractivity (Wildman–Crippen MR) is 77.6 cm³/mol. The van der Waals surface area contributed by atoms with Gasteiger partial charge in [-0.2, -0.15) is 18.3 Å². The van der Waals surface area contributed by atoms with Gasteiger partial charge in [-0.15, -0.1) is 0 Å². The van der Waals surface area contributed by atoms with Crippen LogP contribution < -0.4 is 11.1 Å². The quantitative estimate of drug-likeness (QED) is 0.822. The molecule has 0 bridgehead atoms. The van der Waals surface area contributed by atoms with Crippen molar-refractivity contribution in [2.75, 3.05) is 30.8 Å². The van der Waals surface area contributed by atoms with Gasteiger partial charge in [0.1, 0.15) is 12.7 Å². The van der Waals surface area contributed by atoms with Crippen LogP contribution in [0.2, 0.25) is 0 Å². The van der Waals surface area contributed by atoms with E-state index in [0.29, 0.717) is 26.3 Å². The molecule has 0 saturated carbocycles. The first-order valence-corrected chi connectivity index (χ1v) is 6.99. The summed E-state index contributed by atoms with van der Waals surface area (Å²) in [5, 5.41) is 6.92. The topological polar surface area (TPSA) is 78.0 Å². The summed E-state index contributed by atoms with van der Waals surface area (Å²) in [5.74, 6) is 0. The number of hydrogen-bond acceptors (Lipinski definition) is 5. The highest BCUT2D eigenvalue weighted by molar-refractivity contribution is 5.59.